The Balaban J connectivity index is 1.62. The molecule has 0 spiro atoms. The van der Waals surface area contributed by atoms with Crippen molar-refractivity contribution in [1.82, 2.24) is 9.97 Å². The van der Waals surface area contributed by atoms with Crippen molar-refractivity contribution in [3.05, 3.63) is 47.5 Å². The lowest BCUT2D eigenvalue weighted by Gasteiger charge is -2.06. The quantitative estimate of drug-likeness (QED) is 0.863. The van der Waals surface area contributed by atoms with Gasteiger partial charge in [0.05, 0.1) is 12.2 Å². The predicted octanol–water partition coefficient (Wildman–Crippen LogP) is 2.60. The van der Waals surface area contributed by atoms with Gasteiger partial charge in [-0.15, -0.1) is 0 Å². The molecule has 4 nitrogen and oxygen atoms in total. The number of carbonyl (C=O) groups excluding carboxylic acids is 1. The van der Waals surface area contributed by atoms with Crippen molar-refractivity contribution in [2.75, 3.05) is 0 Å². The monoisotopic (exact) mass is 277 g/mol. The second-order valence-electron chi connectivity index (χ2n) is 5.68. The van der Waals surface area contributed by atoms with Gasteiger partial charge in [0.15, 0.2) is 0 Å². The molecule has 2 aromatic rings. The number of Topliss-reactive ketones (excluding diaryl/α,β-unsaturated/α-hetero) is 1. The number of hydrogen-bond acceptors (Lipinski definition) is 4. The summed E-state index contributed by atoms with van der Waals surface area (Å²) >= 11 is 0. The lowest BCUT2D eigenvalue weighted by molar-refractivity contribution is -0.119. The molecule has 21 heavy (non-hydrogen) atoms. The Morgan fingerprint density at radius 2 is 2.10 bits per heavy atom. The van der Waals surface area contributed by atoms with Gasteiger partial charge in [-0.2, -0.15) is 0 Å². The van der Waals surface area contributed by atoms with Gasteiger partial charge in [0.25, 0.3) is 0 Å². The number of pyridine rings is 2. The zero-order valence-electron chi connectivity index (χ0n) is 11.6. The van der Waals surface area contributed by atoms with E-state index in [1.54, 1.807) is 6.20 Å². The van der Waals surface area contributed by atoms with Crippen molar-refractivity contribution >= 4 is 12.0 Å². The third-order valence-corrected chi connectivity index (χ3v) is 4.01. The van der Waals surface area contributed by atoms with Gasteiger partial charge in [0, 0.05) is 47.8 Å². The zero-order valence-corrected chi connectivity index (χ0v) is 11.6. The Labute approximate surface area is 123 Å². The molecule has 0 N–H and O–H groups in total. The highest BCUT2D eigenvalue weighted by molar-refractivity contribution is 5.86. The van der Waals surface area contributed by atoms with Gasteiger partial charge in [-0.1, -0.05) is 0 Å². The lowest BCUT2D eigenvalue weighted by atomic mass is 10.0. The highest BCUT2D eigenvalue weighted by Gasteiger charge is 2.29. The maximum Gasteiger partial charge on any atom is 0.141 e. The van der Waals surface area contributed by atoms with Crippen molar-refractivity contribution in [2.24, 2.45) is 10.9 Å². The molecule has 0 radical (unpaired) electrons. The van der Waals surface area contributed by atoms with E-state index in [2.05, 4.69) is 21.0 Å². The fraction of sp³-hybridized carbons (Fsp3) is 0.294. The zero-order chi connectivity index (χ0) is 14.2. The predicted molar refractivity (Wildman–Crippen MR) is 80.2 cm³/mol. The maximum atomic E-state index is 11.9. The first-order valence-electron chi connectivity index (χ1n) is 7.26. The van der Waals surface area contributed by atoms with Crippen molar-refractivity contribution in [3.63, 3.8) is 0 Å². The smallest absolute Gasteiger partial charge is 0.141 e. The van der Waals surface area contributed by atoms with Crippen LogP contribution in [0.25, 0.3) is 11.1 Å². The Hall–Kier alpha value is -2.36. The van der Waals surface area contributed by atoms with E-state index < -0.39 is 0 Å². The standard InChI is InChI=1S/C17H15N3O/c21-17(11-1-2-11)7-15-6-12(3-4-19-15)13-5-14-8-18-10-16(14)20-9-13/h3-6,8-9,11H,1-2,7,10H2. The molecule has 0 bridgehead atoms. The number of aliphatic imine (C=N–C) groups is 1. The fourth-order valence-corrected chi connectivity index (χ4v) is 2.62. The van der Waals surface area contributed by atoms with Gasteiger partial charge in [-0.25, -0.2) is 0 Å². The molecule has 2 aromatic heterocycles. The number of hydrogen-bond donors (Lipinski definition) is 0. The van der Waals surface area contributed by atoms with Crippen molar-refractivity contribution in [2.45, 2.75) is 25.8 Å². The second-order valence-corrected chi connectivity index (χ2v) is 5.68. The van der Waals surface area contributed by atoms with Gasteiger partial charge in [0.2, 0.25) is 0 Å². The molecule has 0 atom stereocenters. The Morgan fingerprint density at radius 1 is 1.19 bits per heavy atom. The Bertz CT molecular complexity index is 747. The largest absolute Gasteiger partial charge is 0.299 e. The summed E-state index contributed by atoms with van der Waals surface area (Å²) in [5.41, 5.74) is 5.05. The molecule has 1 aliphatic carbocycles. The van der Waals surface area contributed by atoms with E-state index in [-0.39, 0.29) is 5.92 Å². The van der Waals surface area contributed by atoms with Crippen LogP contribution >= 0.6 is 0 Å². The van der Waals surface area contributed by atoms with Crippen LogP contribution in [0.4, 0.5) is 0 Å². The first kappa shape index (κ1) is 12.4. The average molecular weight is 277 g/mol. The van der Waals surface area contributed by atoms with E-state index in [1.165, 1.54) is 0 Å². The summed E-state index contributed by atoms with van der Waals surface area (Å²) in [6.45, 7) is 0.674. The molecule has 2 aliphatic rings. The van der Waals surface area contributed by atoms with E-state index in [1.807, 2.05) is 24.5 Å². The van der Waals surface area contributed by atoms with Crippen molar-refractivity contribution < 1.29 is 4.79 Å². The van der Waals surface area contributed by atoms with Gasteiger partial charge in [-0.05, 0) is 36.6 Å². The number of nitrogens with zero attached hydrogens (tertiary/aromatic N) is 3. The minimum Gasteiger partial charge on any atom is -0.299 e. The summed E-state index contributed by atoms with van der Waals surface area (Å²) in [6, 6.07) is 6.05. The highest BCUT2D eigenvalue weighted by atomic mass is 16.1. The van der Waals surface area contributed by atoms with Crippen LogP contribution in [0.1, 0.15) is 29.8 Å². The van der Waals surface area contributed by atoms with Gasteiger partial charge in [0.1, 0.15) is 5.78 Å². The summed E-state index contributed by atoms with van der Waals surface area (Å²) in [7, 11) is 0. The van der Waals surface area contributed by atoms with Crippen LogP contribution in [0, 0.1) is 5.92 Å². The Morgan fingerprint density at radius 3 is 2.95 bits per heavy atom. The molecule has 104 valence electrons. The topological polar surface area (TPSA) is 55.2 Å². The molecule has 1 saturated carbocycles. The molecule has 0 unspecified atom stereocenters. The molecule has 4 rings (SSSR count). The minimum atomic E-state index is 0.285. The van der Waals surface area contributed by atoms with Crippen molar-refractivity contribution in [1.29, 1.82) is 0 Å². The number of fused-ring (bicyclic) bond motifs is 1. The first-order chi connectivity index (χ1) is 10.3. The average Bonchev–Trinajstić information content (AvgIpc) is 3.25. The van der Waals surface area contributed by atoms with Gasteiger partial charge >= 0.3 is 0 Å². The number of aromatic nitrogens is 2. The van der Waals surface area contributed by atoms with Crippen LogP contribution in [-0.2, 0) is 17.8 Å². The van der Waals surface area contributed by atoms with Crippen LogP contribution in [-0.4, -0.2) is 22.0 Å². The number of carbonyl (C=O) groups is 1. The minimum absolute atomic E-state index is 0.285. The molecule has 1 fully saturated rings. The normalized spacial score (nSPS) is 16.0. The molecular weight excluding hydrogens is 262 g/mol. The van der Waals surface area contributed by atoms with Crippen LogP contribution in [0.15, 0.2) is 35.6 Å². The van der Waals surface area contributed by atoms with Gasteiger partial charge in [-0.3, -0.25) is 19.8 Å². The molecular formula is C17H15N3O. The number of ketones is 1. The second kappa shape index (κ2) is 4.88. The van der Waals surface area contributed by atoms with Gasteiger partial charge < -0.3 is 0 Å². The third kappa shape index (κ3) is 2.49. The van der Waals surface area contributed by atoms with E-state index in [0.29, 0.717) is 18.7 Å². The summed E-state index contributed by atoms with van der Waals surface area (Å²) in [6.07, 6.45) is 8.05. The summed E-state index contributed by atoms with van der Waals surface area (Å²) in [5.74, 6) is 0.604. The SMILES string of the molecule is O=C(Cc1cc(-c2cnc3c(c2)C=NC3)ccn1)C1CC1. The summed E-state index contributed by atoms with van der Waals surface area (Å²) < 4.78 is 0. The molecule has 4 heteroatoms. The lowest BCUT2D eigenvalue weighted by Crippen LogP contribution is -2.06. The van der Waals surface area contributed by atoms with Crippen LogP contribution in [0.5, 0.6) is 0 Å². The highest BCUT2D eigenvalue weighted by Crippen LogP contribution is 2.31. The van der Waals surface area contributed by atoms with E-state index in [0.717, 1.165) is 40.9 Å². The van der Waals surface area contributed by atoms with Crippen LogP contribution < -0.4 is 0 Å². The Kier molecular flexibility index (Phi) is 2.88. The van der Waals surface area contributed by atoms with E-state index in [4.69, 9.17) is 0 Å². The maximum absolute atomic E-state index is 11.9. The third-order valence-electron chi connectivity index (χ3n) is 4.01. The van der Waals surface area contributed by atoms with E-state index >= 15 is 0 Å². The summed E-state index contributed by atoms with van der Waals surface area (Å²) in [5, 5.41) is 0. The molecule has 3 heterocycles. The van der Waals surface area contributed by atoms with Crippen molar-refractivity contribution in [3.8, 4) is 11.1 Å². The number of rotatable bonds is 4. The van der Waals surface area contributed by atoms with Crippen LogP contribution in [0.2, 0.25) is 0 Å². The molecule has 0 aromatic carbocycles. The molecule has 0 saturated heterocycles. The first-order valence-corrected chi connectivity index (χ1v) is 7.26. The summed E-state index contributed by atoms with van der Waals surface area (Å²) in [4.78, 5) is 24.9. The van der Waals surface area contributed by atoms with Crippen LogP contribution in [0.3, 0.4) is 0 Å². The molecule has 0 amide bonds. The van der Waals surface area contributed by atoms with E-state index in [9.17, 15) is 4.79 Å². The fourth-order valence-electron chi connectivity index (χ4n) is 2.62. The molecule has 1 aliphatic heterocycles.